The summed E-state index contributed by atoms with van der Waals surface area (Å²) in [5, 5.41) is 14.1. The van der Waals surface area contributed by atoms with E-state index in [2.05, 4.69) is 33.0 Å². The Bertz CT molecular complexity index is 368. The Labute approximate surface area is 99.8 Å². The van der Waals surface area contributed by atoms with E-state index < -0.39 is 0 Å². The molecule has 0 amide bonds. The summed E-state index contributed by atoms with van der Waals surface area (Å²) in [5.74, 6) is 0. The molecule has 1 aromatic rings. The molecule has 0 fully saturated rings. The Balaban J connectivity index is 2.52. The summed E-state index contributed by atoms with van der Waals surface area (Å²) in [7, 11) is 0. The minimum atomic E-state index is -0.346. The lowest BCUT2D eigenvalue weighted by atomic mass is 9.88. The Hall–Kier alpha value is -0.940. The first-order chi connectivity index (χ1) is 7.30. The third-order valence-electron chi connectivity index (χ3n) is 2.71. The molecule has 0 saturated carbocycles. The van der Waals surface area contributed by atoms with Crippen LogP contribution in [0.1, 0.15) is 32.6 Å². The number of hydrogen-bond acceptors (Lipinski definition) is 4. The molecule has 0 aliphatic carbocycles. The molecule has 0 aromatic carbocycles. The van der Waals surface area contributed by atoms with Gasteiger partial charge in [-0.05, 0) is 18.4 Å². The molecule has 1 rings (SSSR count). The fraction of sp³-hybridized carbons (Fsp3) is 0.636. The summed E-state index contributed by atoms with van der Waals surface area (Å²) in [6, 6.07) is 3.74. The highest BCUT2D eigenvalue weighted by atomic mass is 32.1. The van der Waals surface area contributed by atoms with Gasteiger partial charge in [-0.2, -0.15) is 0 Å². The number of nitro groups is 1. The van der Waals surface area contributed by atoms with Crippen molar-refractivity contribution in [1.29, 1.82) is 0 Å². The first kappa shape index (κ1) is 13.1. The monoisotopic (exact) mass is 242 g/mol. The van der Waals surface area contributed by atoms with Crippen molar-refractivity contribution >= 4 is 16.3 Å². The second-order valence-electron chi connectivity index (χ2n) is 4.97. The minimum Gasteiger partial charge on any atom is -0.309 e. The fourth-order valence-corrected chi connectivity index (χ4v) is 1.89. The highest BCUT2D eigenvalue weighted by molar-refractivity contribution is 7.15. The Morgan fingerprint density at radius 3 is 2.56 bits per heavy atom. The van der Waals surface area contributed by atoms with Crippen LogP contribution in [-0.4, -0.2) is 11.0 Å². The van der Waals surface area contributed by atoms with E-state index in [1.165, 1.54) is 11.3 Å². The molecule has 0 spiro atoms. The van der Waals surface area contributed by atoms with Crippen molar-refractivity contribution < 1.29 is 4.92 Å². The van der Waals surface area contributed by atoms with Crippen LogP contribution in [0, 0.1) is 15.5 Å². The molecule has 1 atom stereocenters. The number of rotatable bonds is 4. The smallest absolute Gasteiger partial charge is 0.309 e. The predicted octanol–water partition coefficient (Wildman–Crippen LogP) is 3.18. The molecule has 16 heavy (non-hydrogen) atoms. The molecular weight excluding hydrogens is 224 g/mol. The maximum absolute atomic E-state index is 10.5. The van der Waals surface area contributed by atoms with Crippen molar-refractivity contribution in [3.63, 3.8) is 0 Å². The van der Waals surface area contributed by atoms with Crippen LogP contribution in [0.4, 0.5) is 5.00 Å². The van der Waals surface area contributed by atoms with E-state index in [1.807, 2.05) is 6.07 Å². The van der Waals surface area contributed by atoms with Crippen LogP contribution in [0.25, 0.3) is 0 Å². The highest BCUT2D eigenvalue weighted by Crippen LogP contribution is 2.25. The van der Waals surface area contributed by atoms with Crippen molar-refractivity contribution in [3.8, 4) is 0 Å². The van der Waals surface area contributed by atoms with Crippen molar-refractivity contribution in [2.45, 2.75) is 40.3 Å². The van der Waals surface area contributed by atoms with Crippen LogP contribution in [0.15, 0.2) is 12.1 Å². The van der Waals surface area contributed by atoms with Crippen LogP contribution in [0.5, 0.6) is 0 Å². The molecule has 0 radical (unpaired) electrons. The SMILES string of the molecule is CC(NCc1ccc([N+](=O)[O-])s1)C(C)(C)C. The van der Waals surface area contributed by atoms with E-state index in [0.29, 0.717) is 12.6 Å². The molecule has 0 bridgehead atoms. The summed E-state index contributed by atoms with van der Waals surface area (Å²) < 4.78 is 0. The van der Waals surface area contributed by atoms with Gasteiger partial charge in [0, 0.05) is 23.5 Å². The van der Waals surface area contributed by atoms with E-state index >= 15 is 0 Å². The van der Waals surface area contributed by atoms with Gasteiger partial charge in [0.1, 0.15) is 0 Å². The summed E-state index contributed by atoms with van der Waals surface area (Å²) in [6.07, 6.45) is 0. The molecule has 0 saturated heterocycles. The zero-order chi connectivity index (χ0) is 12.3. The average molecular weight is 242 g/mol. The van der Waals surface area contributed by atoms with E-state index in [9.17, 15) is 10.1 Å². The molecular formula is C11H18N2O2S. The zero-order valence-electron chi connectivity index (χ0n) is 10.1. The average Bonchev–Trinajstić information content (AvgIpc) is 2.60. The lowest BCUT2D eigenvalue weighted by molar-refractivity contribution is -0.380. The van der Waals surface area contributed by atoms with Gasteiger partial charge in [-0.25, -0.2) is 0 Å². The molecule has 4 nitrogen and oxygen atoms in total. The van der Waals surface area contributed by atoms with Crippen molar-refractivity contribution in [3.05, 3.63) is 27.1 Å². The lowest BCUT2D eigenvalue weighted by Crippen LogP contribution is -2.36. The van der Waals surface area contributed by atoms with E-state index in [1.54, 1.807) is 6.07 Å². The molecule has 1 N–H and O–H groups in total. The van der Waals surface area contributed by atoms with Gasteiger partial charge in [-0.15, -0.1) is 0 Å². The number of hydrogen-bond donors (Lipinski definition) is 1. The molecule has 1 unspecified atom stereocenters. The summed E-state index contributed by atoms with van der Waals surface area (Å²) >= 11 is 1.23. The predicted molar refractivity (Wildman–Crippen MR) is 66.7 cm³/mol. The van der Waals surface area contributed by atoms with Gasteiger partial charge in [0.05, 0.1) is 4.92 Å². The third-order valence-corrected chi connectivity index (χ3v) is 3.75. The molecule has 1 heterocycles. The number of nitrogens with zero attached hydrogens (tertiary/aromatic N) is 1. The van der Waals surface area contributed by atoms with Crippen molar-refractivity contribution in [2.75, 3.05) is 0 Å². The van der Waals surface area contributed by atoms with Crippen LogP contribution in [-0.2, 0) is 6.54 Å². The highest BCUT2D eigenvalue weighted by Gasteiger charge is 2.19. The maximum Gasteiger partial charge on any atom is 0.324 e. The molecule has 0 aliphatic rings. The van der Waals surface area contributed by atoms with Gasteiger partial charge in [0.2, 0.25) is 0 Å². The first-order valence-electron chi connectivity index (χ1n) is 5.27. The molecule has 1 aromatic heterocycles. The zero-order valence-corrected chi connectivity index (χ0v) is 10.9. The van der Waals surface area contributed by atoms with Crippen LogP contribution in [0.2, 0.25) is 0 Å². The second-order valence-corrected chi connectivity index (χ2v) is 6.11. The minimum absolute atomic E-state index is 0.198. The Morgan fingerprint density at radius 1 is 1.50 bits per heavy atom. The summed E-state index contributed by atoms with van der Waals surface area (Å²) in [6.45, 7) is 9.32. The number of nitrogens with one attached hydrogen (secondary N) is 1. The van der Waals surface area contributed by atoms with Crippen molar-refractivity contribution in [1.82, 2.24) is 5.32 Å². The maximum atomic E-state index is 10.5. The van der Waals surface area contributed by atoms with Gasteiger partial charge in [0.25, 0.3) is 0 Å². The second kappa shape index (κ2) is 4.93. The fourth-order valence-electron chi connectivity index (χ4n) is 1.12. The Morgan fingerprint density at radius 2 is 2.12 bits per heavy atom. The van der Waals surface area contributed by atoms with Gasteiger partial charge in [-0.1, -0.05) is 32.1 Å². The van der Waals surface area contributed by atoms with Crippen LogP contribution in [0.3, 0.4) is 0 Å². The van der Waals surface area contributed by atoms with E-state index in [0.717, 1.165) is 4.88 Å². The number of thiophene rings is 1. The van der Waals surface area contributed by atoms with Crippen molar-refractivity contribution in [2.24, 2.45) is 5.41 Å². The molecule has 90 valence electrons. The normalized spacial score (nSPS) is 13.8. The van der Waals surface area contributed by atoms with Gasteiger partial charge >= 0.3 is 5.00 Å². The largest absolute Gasteiger partial charge is 0.324 e. The molecule has 5 heteroatoms. The van der Waals surface area contributed by atoms with Gasteiger partial charge < -0.3 is 5.32 Å². The standard InChI is InChI=1S/C11H18N2O2S/c1-8(11(2,3)4)12-7-9-5-6-10(16-9)13(14)15/h5-6,8,12H,7H2,1-4H3. The van der Waals surface area contributed by atoms with Crippen LogP contribution >= 0.6 is 11.3 Å². The topological polar surface area (TPSA) is 55.2 Å². The first-order valence-corrected chi connectivity index (χ1v) is 6.09. The van der Waals surface area contributed by atoms with Gasteiger partial charge in [0.15, 0.2) is 0 Å². The summed E-state index contributed by atoms with van der Waals surface area (Å²) in [5.41, 5.74) is 0.198. The summed E-state index contributed by atoms with van der Waals surface area (Å²) in [4.78, 5) is 11.2. The Kier molecular flexibility index (Phi) is 4.04. The third kappa shape index (κ3) is 3.57. The molecule has 0 aliphatic heterocycles. The van der Waals surface area contributed by atoms with Crippen LogP contribution < -0.4 is 5.32 Å². The van der Waals surface area contributed by atoms with Gasteiger partial charge in [-0.3, -0.25) is 10.1 Å². The lowest BCUT2D eigenvalue weighted by Gasteiger charge is -2.28. The van der Waals surface area contributed by atoms with E-state index in [-0.39, 0.29) is 15.3 Å². The quantitative estimate of drug-likeness (QED) is 0.651. The van der Waals surface area contributed by atoms with E-state index in [4.69, 9.17) is 0 Å².